The fourth-order valence-corrected chi connectivity index (χ4v) is 2.85. The lowest BCUT2D eigenvalue weighted by molar-refractivity contribution is -0.0678. The summed E-state index contributed by atoms with van der Waals surface area (Å²) in [6.07, 6.45) is 1.60. The molecule has 1 aliphatic rings. The zero-order chi connectivity index (χ0) is 16.1. The first-order valence-corrected chi connectivity index (χ1v) is 7.87. The van der Waals surface area contributed by atoms with Crippen LogP contribution < -0.4 is 5.32 Å². The summed E-state index contributed by atoms with van der Waals surface area (Å²) in [5.41, 5.74) is 2.30. The van der Waals surface area contributed by atoms with Crippen LogP contribution >= 0.6 is 0 Å². The van der Waals surface area contributed by atoms with Crippen molar-refractivity contribution in [3.8, 4) is 6.07 Å². The Kier molecular flexibility index (Phi) is 5.69. The smallest absolute Gasteiger partial charge is 0.166 e. The number of hydrogen-bond donors (Lipinski definition) is 1. The number of hydrogen-bond acceptors (Lipinski definition) is 6. The van der Waals surface area contributed by atoms with E-state index in [9.17, 15) is 5.26 Å². The predicted octanol–water partition coefficient (Wildman–Crippen LogP) is 1.88. The molecule has 2 atom stereocenters. The second-order valence-corrected chi connectivity index (χ2v) is 6.04. The van der Waals surface area contributed by atoms with E-state index in [1.807, 2.05) is 13.8 Å². The number of nitrogens with one attached hydrogen (secondary N) is 1. The molecule has 1 N–H and O–H groups in total. The number of aromatic nitrogens is 2. The van der Waals surface area contributed by atoms with Crippen LogP contribution in [0.15, 0.2) is 0 Å². The molecule has 1 aliphatic heterocycles. The molecule has 0 saturated carbocycles. The molecule has 1 aromatic rings. The molecule has 1 saturated heterocycles. The number of aryl methyl sites for hydroxylation is 1. The van der Waals surface area contributed by atoms with Crippen molar-refractivity contribution in [2.24, 2.45) is 0 Å². The largest absolute Gasteiger partial charge is 0.373 e. The molecule has 0 aliphatic carbocycles. The summed E-state index contributed by atoms with van der Waals surface area (Å²) in [6, 6.07) is 2.21. The van der Waals surface area contributed by atoms with Crippen LogP contribution in [0, 0.1) is 25.2 Å². The van der Waals surface area contributed by atoms with Crippen LogP contribution in [0.1, 0.15) is 37.1 Å². The molecule has 120 valence electrons. The van der Waals surface area contributed by atoms with Gasteiger partial charge in [-0.3, -0.25) is 4.90 Å². The second-order valence-electron chi connectivity index (χ2n) is 6.04. The summed E-state index contributed by atoms with van der Waals surface area (Å²) in [5, 5.41) is 20.7. The monoisotopic (exact) mass is 303 g/mol. The van der Waals surface area contributed by atoms with Crippen molar-refractivity contribution in [3.63, 3.8) is 0 Å². The number of nitrogens with zero attached hydrogens (tertiary/aromatic N) is 4. The van der Waals surface area contributed by atoms with E-state index in [1.54, 1.807) is 0 Å². The van der Waals surface area contributed by atoms with Crippen LogP contribution in [0.3, 0.4) is 0 Å². The minimum Gasteiger partial charge on any atom is -0.373 e. The Morgan fingerprint density at radius 1 is 1.27 bits per heavy atom. The third-order valence-electron chi connectivity index (χ3n) is 4.01. The Morgan fingerprint density at radius 2 is 1.95 bits per heavy atom. The van der Waals surface area contributed by atoms with Gasteiger partial charge in [-0.2, -0.15) is 10.4 Å². The molecule has 6 nitrogen and oxygen atoms in total. The van der Waals surface area contributed by atoms with Gasteiger partial charge in [0, 0.05) is 26.2 Å². The molecule has 0 amide bonds. The van der Waals surface area contributed by atoms with E-state index in [0.29, 0.717) is 23.6 Å². The van der Waals surface area contributed by atoms with Gasteiger partial charge in [-0.15, -0.1) is 5.10 Å². The summed E-state index contributed by atoms with van der Waals surface area (Å²) < 4.78 is 5.74. The molecule has 2 unspecified atom stereocenters. The van der Waals surface area contributed by atoms with E-state index in [1.165, 1.54) is 0 Å². The van der Waals surface area contributed by atoms with Gasteiger partial charge in [0.1, 0.15) is 11.6 Å². The highest BCUT2D eigenvalue weighted by molar-refractivity contribution is 5.55. The highest BCUT2D eigenvalue weighted by atomic mass is 16.5. The number of anilines is 1. The van der Waals surface area contributed by atoms with Gasteiger partial charge in [0.25, 0.3) is 0 Å². The van der Waals surface area contributed by atoms with Crippen LogP contribution in [0.25, 0.3) is 0 Å². The minimum atomic E-state index is 0.299. The van der Waals surface area contributed by atoms with Crippen molar-refractivity contribution in [1.82, 2.24) is 15.1 Å². The Morgan fingerprint density at radius 3 is 2.59 bits per heavy atom. The predicted molar refractivity (Wildman–Crippen MR) is 85.8 cm³/mol. The standard InChI is InChI=1S/C16H25N5O/c1-11-9-21(10-12(2)22-11)7-5-6-18-16-15(8-17)13(3)14(4)19-20-16/h11-12H,5-7,9-10H2,1-4H3,(H,18,20). The highest BCUT2D eigenvalue weighted by Crippen LogP contribution is 2.17. The number of rotatable bonds is 5. The van der Waals surface area contributed by atoms with Crippen molar-refractivity contribution in [1.29, 1.82) is 5.26 Å². The average Bonchev–Trinajstić information content (AvgIpc) is 2.46. The zero-order valence-corrected chi connectivity index (χ0v) is 13.9. The molecule has 0 spiro atoms. The summed E-state index contributed by atoms with van der Waals surface area (Å²) in [6.45, 7) is 11.8. The average molecular weight is 303 g/mol. The van der Waals surface area contributed by atoms with E-state index in [0.717, 1.165) is 43.9 Å². The molecule has 2 rings (SSSR count). The fourth-order valence-electron chi connectivity index (χ4n) is 2.85. The Hall–Kier alpha value is -1.71. The van der Waals surface area contributed by atoms with Gasteiger partial charge < -0.3 is 10.1 Å². The van der Waals surface area contributed by atoms with E-state index < -0.39 is 0 Å². The van der Waals surface area contributed by atoms with Crippen LogP contribution in [-0.2, 0) is 4.74 Å². The lowest BCUT2D eigenvalue weighted by Crippen LogP contribution is -2.45. The molecule has 2 heterocycles. The molecular formula is C16H25N5O. The molecular weight excluding hydrogens is 278 g/mol. The van der Waals surface area contributed by atoms with E-state index >= 15 is 0 Å². The van der Waals surface area contributed by atoms with E-state index in [4.69, 9.17) is 4.74 Å². The minimum absolute atomic E-state index is 0.299. The molecule has 0 bridgehead atoms. The number of nitriles is 1. The van der Waals surface area contributed by atoms with E-state index in [2.05, 4.69) is 40.3 Å². The third-order valence-corrected chi connectivity index (χ3v) is 4.01. The maximum Gasteiger partial charge on any atom is 0.166 e. The first-order chi connectivity index (χ1) is 10.5. The molecule has 1 fully saturated rings. The summed E-state index contributed by atoms with van der Waals surface area (Å²) in [7, 11) is 0. The number of ether oxygens (including phenoxy) is 1. The van der Waals surface area contributed by atoms with Crippen molar-refractivity contribution in [2.75, 3.05) is 31.5 Å². The van der Waals surface area contributed by atoms with Crippen molar-refractivity contribution in [2.45, 2.75) is 46.3 Å². The van der Waals surface area contributed by atoms with Crippen LogP contribution in [0.2, 0.25) is 0 Å². The van der Waals surface area contributed by atoms with Gasteiger partial charge in [-0.05, 0) is 39.7 Å². The topological polar surface area (TPSA) is 74.1 Å². The summed E-state index contributed by atoms with van der Waals surface area (Å²) >= 11 is 0. The molecule has 22 heavy (non-hydrogen) atoms. The summed E-state index contributed by atoms with van der Waals surface area (Å²) in [5.74, 6) is 0.592. The van der Waals surface area contributed by atoms with Crippen LogP contribution in [0.5, 0.6) is 0 Å². The maximum absolute atomic E-state index is 9.26. The zero-order valence-electron chi connectivity index (χ0n) is 13.9. The number of morpholine rings is 1. The molecule has 1 aromatic heterocycles. The van der Waals surface area contributed by atoms with E-state index in [-0.39, 0.29) is 0 Å². The van der Waals surface area contributed by atoms with Gasteiger partial charge in [0.15, 0.2) is 5.82 Å². The van der Waals surface area contributed by atoms with Crippen LogP contribution in [-0.4, -0.2) is 53.5 Å². The van der Waals surface area contributed by atoms with Gasteiger partial charge in [0.05, 0.1) is 17.9 Å². The maximum atomic E-state index is 9.26. The Labute approximate surface area is 132 Å². The first-order valence-electron chi connectivity index (χ1n) is 7.87. The SMILES string of the molecule is Cc1nnc(NCCCN2CC(C)OC(C)C2)c(C#N)c1C. The van der Waals surface area contributed by atoms with Crippen molar-refractivity contribution >= 4 is 5.82 Å². The first kappa shape index (κ1) is 16.7. The van der Waals surface area contributed by atoms with Crippen molar-refractivity contribution in [3.05, 3.63) is 16.8 Å². The quantitative estimate of drug-likeness (QED) is 0.837. The second kappa shape index (κ2) is 7.52. The van der Waals surface area contributed by atoms with Crippen molar-refractivity contribution < 1.29 is 4.74 Å². The molecule has 0 radical (unpaired) electrons. The van der Waals surface area contributed by atoms with Crippen LogP contribution in [0.4, 0.5) is 5.82 Å². The highest BCUT2D eigenvalue weighted by Gasteiger charge is 2.21. The summed E-state index contributed by atoms with van der Waals surface area (Å²) in [4.78, 5) is 2.43. The van der Waals surface area contributed by atoms with Gasteiger partial charge >= 0.3 is 0 Å². The third kappa shape index (κ3) is 4.15. The van der Waals surface area contributed by atoms with Gasteiger partial charge in [-0.25, -0.2) is 0 Å². The fraction of sp³-hybridized carbons (Fsp3) is 0.688. The van der Waals surface area contributed by atoms with Gasteiger partial charge in [-0.1, -0.05) is 0 Å². The normalized spacial score (nSPS) is 22.3. The van der Waals surface area contributed by atoms with Gasteiger partial charge in [0.2, 0.25) is 0 Å². The molecule has 6 heteroatoms. The Balaban J connectivity index is 1.82. The lowest BCUT2D eigenvalue weighted by Gasteiger charge is -2.35. The molecule has 0 aromatic carbocycles. The lowest BCUT2D eigenvalue weighted by atomic mass is 10.1. The Bertz CT molecular complexity index is 544.